The average molecular weight is 350 g/mol. The van der Waals surface area contributed by atoms with Crippen molar-refractivity contribution in [1.82, 2.24) is 9.80 Å². The minimum atomic E-state index is -0.702. The van der Waals surface area contributed by atoms with Crippen molar-refractivity contribution in [2.24, 2.45) is 0 Å². The third-order valence-corrected chi connectivity index (χ3v) is 4.76. The van der Waals surface area contributed by atoms with Crippen LogP contribution in [0.3, 0.4) is 0 Å². The fraction of sp³-hybridized carbons (Fsp3) is 0.250. The van der Waals surface area contributed by atoms with E-state index in [4.69, 9.17) is 4.74 Å². The standard InChI is InChI=1S/C20H18N2O4/c23-18-15-9-4-5-10-16(15)19(24)22(18)13-17(14-7-2-1-3-8-14)26-20(25)21-11-6-12-21/h1-5,7-10,17H,6,11-13H2. The van der Waals surface area contributed by atoms with Gasteiger partial charge in [-0.3, -0.25) is 14.5 Å². The minimum Gasteiger partial charge on any atom is -0.439 e. The van der Waals surface area contributed by atoms with E-state index < -0.39 is 12.2 Å². The van der Waals surface area contributed by atoms with Crippen molar-refractivity contribution in [3.05, 3.63) is 71.3 Å². The number of nitrogens with zero attached hydrogens (tertiary/aromatic N) is 2. The first-order valence-corrected chi connectivity index (χ1v) is 8.61. The zero-order valence-electron chi connectivity index (χ0n) is 14.1. The van der Waals surface area contributed by atoms with Gasteiger partial charge in [0.25, 0.3) is 11.8 Å². The summed E-state index contributed by atoms with van der Waals surface area (Å²) in [5.41, 5.74) is 1.52. The molecule has 1 unspecified atom stereocenters. The summed E-state index contributed by atoms with van der Waals surface area (Å²) < 4.78 is 5.64. The molecule has 132 valence electrons. The van der Waals surface area contributed by atoms with Crippen LogP contribution in [0.1, 0.15) is 38.8 Å². The van der Waals surface area contributed by atoms with Gasteiger partial charge in [-0.05, 0) is 24.1 Å². The maximum atomic E-state index is 12.6. The predicted octanol–water partition coefficient (Wildman–Crippen LogP) is 2.87. The van der Waals surface area contributed by atoms with Crippen LogP contribution >= 0.6 is 0 Å². The van der Waals surface area contributed by atoms with Gasteiger partial charge in [0, 0.05) is 13.1 Å². The number of hydrogen-bond donors (Lipinski definition) is 0. The Kier molecular flexibility index (Phi) is 4.16. The number of ether oxygens (including phenoxy) is 1. The molecule has 0 saturated carbocycles. The SMILES string of the molecule is O=C(OC(CN1C(=O)c2ccccc2C1=O)c1ccccc1)N1CCC1. The van der Waals surface area contributed by atoms with Crippen LogP contribution in [0.25, 0.3) is 0 Å². The summed E-state index contributed by atoms with van der Waals surface area (Å²) >= 11 is 0. The highest BCUT2D eigenvalue weighted by Gasteiger charge is 2.38. The molecule has 1 atom stereocenters. The zero-order chi connectivity index (χ0) is 18.1. The van der Waals surface area contributed by atoms with Crippen LogP contribution in [0.2, 0.25) is 0 Å². The molecule has 6 nitrogen and oxygen atoms in total. The van der Waals surface area contributed by atoms with E-state index in [0.717, 1.165) is 16.9 Å². The Labute approximate surface area is 151 Å². The molecule has 2 heterocycles. The number of fused-ring (bicyclic) bond motifs is 1. The highest BCUT2D eigenvalue weighted by atomic mass is 16.6. The average Bonchev–Trinajstić information content (AvgIpc) is 2.85. The lowest BCUT2D eigenvalue weighted by molar-refractivity contribution is 0.0272. The first-order chi connectivity index (χ1) is 12.6. The molecule has 4 rings (SSSR count). The third kappa shape index (κ3) is 2.83. The molecule has 0 N–H and O–H groups in total. The lowest BCUT2D eigenvalue weighted by atomic mass is 10.1. The molecule has 0 radical (unpaired) electrons. The predicted molar refractivity (Wildman–Crippen MR) is 93.7 cm³/mol. The molecule has 0 bridgehead atoms. The van der Waals surface area contributed by atoms with Crippen molar-refractivity contribution in [1.29, 1.82) is 0 Å². The number of rotatable bonds is 4. The van der Waals surface area contributed by atoms with Crippen molar-refractivity contribution in [3.8, 4) is 0 Å². The van der Waals surface area contributed by atoms with Crippen LogP contribution in [0.4, 0.5) is 4.79 Å². The lowest BCUT2D eigenvalue weighted by Crippen LogP contribution is -2.44. The van der Waals surface area contributed by atoms with Gasteiger partial charge in [-0.25, -0.2) is 4.79 Å². The Bertz CT molecular complexity index is 826. The first kappa shape index (κ1) is 16.3. The summed E-state index contributed by atoms with van der Waals surface area (Å²) in [6.45, 7) is 1.34. The molecule has 0 aromatic heterocycles. The quantitative estimate of drug-likeness (QED) is 0.795. The smallest absolute Gasteiger partial charge is 0.410 e. The van der Waals surface area contributed by atoms with Gasteiger partial charge in [-0.15, -0.1) is 0 Å². The summed E-state index contributed by atoms with van der Waals surface area (Å²) in [4.78, 5) is 40.3. The third-order valence-electron chi connectivity index (χ3n) is 4.76. The Morgan fingerprint density at radius 3 is 2.04 bits per heavy atom. The number of carbonyl (C=O) groups is 3. The van der Waals surface area contributed by atoms with Crippen LogP contribution in [-0.2, 0) is 4.74 Å². The van der Waals surface area contributed by atoms with E-state index in [1.807, 2.05) is 30.3 Å². The van der Waals surface area contributed by atoms with Gasteiger partial charge < -0.3 is 9.64 Å². The number of carbonyl (C=O) groups excluding carboxylic acids is 3. The number of likely N-dealkylation sites (tertiary alicyclic amines) is 1. The molecule has 2 aromatic rings. The summed E-state index contributed by atoms with van der Waals surface area (Å²) in [5.74, 6) is -0.710. The van der Waals surface area contributed by atoms with Crippen LogP contribution < -0.4 is 0 Å². The molecule has 0 aliphatic carbocycles. The maximum absolute atomic E-state index is 12.6. The molecule has 1 saturated heterocycles. The lowest BCUT2D eigenvalue weighted by Gasteiger charge is -2.32. The van der Waals surface area contributed by atoms with Gasteiger partial charge >= 0.3 is 6.09 Å². The normalized spacial score (nSPS) is 16.9. The van der Waals surface area contributed by atoms with Crippen molar-refractivity contribution < 1.29 is 19.1 Å². The van der Waals surface area contributed by atoms with Crippen molar-refractivity contribution >= 4 is 17.9 Å². The van der Waals surface area contributed by atoms with E-state index >= 15 is 0 Å². The number of hydrogen-bond acceptors (Lipinski definition) is 4. The van der Waals surface area contributed by atoms with Gasteiger partial charge in [0.1, 0.15) is 6.10 Å². The Morgan fingerprint density at radius 2 is 1.50 bits per heavy atom. The molecule has 0 spiro atoms. The van der Waals surface area contributed by atoms with E-state index in [-0.39, 0.29) is 18.4 Å². The minimum absolute atomic E-state index is 0.00403. The zero-order valence-corrected chi connectivity index (χ0v) is 14.1. The van der Waals surface area contributed by atoms with E-state index in [9.17, 15) is 14.4 Å². The Morgan fingerprint density at radius 1 is 0.923 bits per heavy atom. The van der Waals surface area contributed by atoms with Gasteiger partial charge in [0.15, 0.2) is 0 Å². The van der Waals surface area contributed by atoms with Gasteiger partial charge in [-0.2, -0.15) is 0 Å². The molecular formula is C20H18N2O4. The van der Waals surface area contributed by atoms with E-state index in [1.54, 1.807) is 29.2 Å². The fourth-order valence-corrected chi connectivity index (χ4v) is 3.14. The Hall–Kier alpha value is -3.15. The summed E-state index contributed by atoms with van der Waals surface area (Å²) in [7, 11) is 0. The van der Waals surface area contributed by atoms with Crippen LogP contribution in [-0.4, -0.2) is 47.3 Å². The second kappa shape index (κ2) is 6.63. The molecule has 2 aromatic carbocycles. The van der Waals surface area contributed by atoms with Crippen LogP contribution in [0.15, 0.2) is 54.6 Å². The van der Waals surface area contributed by atoms with Crippen molar-refractivity contribution in [3.63, 3.8) is 0 Å². The highest BCUT2D eigenvalue weighted by molar-refractivity contribution is 6.21. The van der Waals surface area contributed by atoms with Gasteiger partial charge in [0.2, 0.25) is 0 Å². The largest absolute Gasteiger partial charge is 0.439 e. The monoisotopic (exact) mass is 350 g/mol. The van der Waals surface area contributed by atoms with E-state index in [1.165, 1.54) is 0 Å². The number of benzene rings is 2. The summed E-state index contributed by atoms with van der Waals surface area (Å²) in [5, 5.41) is 0. The summed E-state index contributed by atoms with van der Waals surface area (Å²) in [6.07, 6.45) is -0.156. The fourth-order valence-electron chi connectivity index (χ4n) is 3.14. The topological polar surface area (TPSA) is 66.9 Å². The highest BCUT2D eigenvalue weighted by Crippen LogP contribution is 2.27. The molecule has 2 aliphatic rings. The second-order valence-corrected chi connectivity index (χ2v) is 6.39. The van der Waals surface area contributed by atoms with Crippen molar-refractivity contribution in [2.75, 3.05) is 19.6 Å². The molecule has 1 fully saturated rings. The number of imide groups is 1. The number of amides is 3. The maximum Gasteiger partial charge on any atom is 0.410 e. The van der Waals surface area contributed by atoms with E-state index in [2.05, 4.69) is 0 Å². The van der Waals surface area contributed by atoms with Gasteiger partial charge in [-0.1, -0.05) is 42.5 Å². The Balaban J connectivity index is 1.58. The van der Waals surface area contributed by atoms with Crippen LogP contribution in [0, 0.1) is 0 Å². The second-order valence-electron chi connectivity index (χ2n) is 6.39. The van der Waals surface area contributed by atoms with Gasteiger partial charge in [0.05, 0.1) is 17.7 Å². The van der Waals surface area contributed by atoms with Crippen molar-refractivity contribution in [2.45, 2.75) is 12.5 Å². The summed E-state index contributed by atoms with van der Waals surface area (Å²) in [6, 6.07) is 15.9. The molecule has 3 amide bonds. The molecule has 26 heavy (non-hydrogen) atoms. The van der Waals surface area contributed by atoms with E-state index in [0.29, 0.717) is 24.2 Å². The molecular weight excluding hydrogens is 332 g/mol. The molecule has 6 heteroatoms. The van der Waals surface area contributed by atoms with Crippen LogP contribution in [0.5, 0.6) is 0 Å². The molecule has 2 aliphatic heterocycles. The first-order valence-electron chi connectivity index (χ1n) is 8.61.